The molecular weight excluding hydrogens is 280 g/mol. The molecular formula is C15H18N6O. The first-order valence-electron chi connectivity index (χ1n) is 7.18. The molecule has 1 aromatic carbocycles. The van der Waals surface area contributed by atoms with Gasteiger partial charge in [0.2, 0.25) is 5.95 Å². The van der Waals surface area contributed by atoms with Crippen molar-refractivity contribution in [2.45, 2.75) is 0 Å². The number of carbonyl (C=O) groups is 1. The van der Waals surface area contributed by atoms with E-state index in [4.69, 9.17) is 5.73 Å². The number of nitrogens with zero attached hydrogens (tertiary/aromatic N) is 3. The monoisotopic (exact) mass is 298 g/mol. The molecule has 1 saturated heterocycles. The summed E-state index contributed by atoms with van der Waals surface area (Å²) in [4.78, 5) is 21.6. The van der Waals surface area contributed by atoms with E-state index < -0.39 is 5.91 Å². The molecule has 1 aliphatic heterocycles. The van der Waals surface area contributed by atoms with Crippen LogP contribution in [0.4, 0.5) is 17.3 Å². The van der Waals surface area contributed by atoms with Crippen molar-refractivity contribution >= 4 is 23.2 Å². The molecule has 0 saturated carbocycles. The molecule has 2 heterocycles. The summed E-state index contributed by atoms with van der Waals surface area (Å²) in [6.45, 7) is 4.04. The lowest BCUT2D eigenvalue weighted by Gasteiger charge is -2.29. The van der Waals surface area contributed by atoms with Crippen LogP contribution in [-0.4, -0.2) is 42.1 Å². The molecule has 0 radical (unpaired) electrons. The summed E-state index contributed by atoms with van der Waals surface area (Å²) in [6, 6.07) is 9.55. The molecule has 2 aromatic rings. The fourth-order valence-electron chi connectivity index (χ4n) is 2.36. The van der Waals surface area contributed by atoms with Crippen LogP contribution in [0.15, 0.2) is 36.5 Å². The number of carbonyl (C=O) groups excluding carboxylic acids is 1. The second kappa shape index (κ2) is 6.40. The molecule has 0 unspecified atom stereocenters. The zero-order chi connectivity index (χ0) is 15.4. The third kappa shape index (κ3) is 3.32. The number of nitrogens with one attached hydrogen (secondary N) is 2. The lowest BCUT2D eigenvalue weighted by molar-refractivity contribution is 0.0995. The first-order valence-corrected chi connectivity index (χ1v) is 7.18. The van der Waals surface area contributed by atoms with Crippen LogP contribution >= 0.6 is 0 Å². The largest absolute Gasteiger partial charge is 0.369 e. The van der Waals surface area contributed by atoms with Crippen molar-refractivity contribution < 1.29 is 4.79 Å². The predicted octanol–water partition coefficient (Wildman–Crippen LogP) is 0.729. The van der Waals surface area contributed by atoms with E-state index >= 15 is 0 Å². The Morgan fingerprint density at radius 2 is 1.91 bits per heavy atom. The molecule has 0 bridgehead atoms. The topological polar surface area (TPSA) is 96.2 Å². The summed E-state index contributed by atoms with van der Waals surface area (Å²) in [5, 5.41) is 6.40. The van der Waals surface area contributed by atoms with Crippen LogP contribution < -0.4 is 21.3 Å². The highest BCUT2D eigenvalue weighted by Gasteiger charge is 2.10. The van der Waals surface area contributed by atoms with E-state index in [1.165, 1.54) is 18.0 Å². The quantitative estimate of drug-likeness (QED) is 0.770. The van der Waals surface area contributed by atoms with E-state index in [1.54, 1.807) is 0 Å². The van der Waals surface area contributed by atoms with E-state index in [1.807, 2.05) is 12.1 Å². The highest BCUT2D eigenvalue weighted by molar-refractivity contribution is 5.90. The van der Waals surface area contributed by atoms with Gasteiger partial charge in [0.15, 0.2) is 0 Å². The van der Waals surface area contributed by atoms with E-state index in [0.717, 1.165) is 31.9 Å². The Hall–Kier alpha value is -2.67. The lowest BCUT2D eigenvalue weighted by Crippen LogP contribution is -2.43. The molecule has 0 aliphatic carbocycles. The summed E-state index contributed by atoms with van der Waals surface area (Å²) < 4.78 is 0. The average Bonchev–Trinajstić information content (AvgIpc) is 2.56. The number of benzene rings is 1. The summed E-state index contributed by atoms with van der Waals surface area (Å²) >= 11 is 0. The number of anilines is 3. The van der Waals surface area contributed by atoms with Gasteiger partial charge in [-0.25, -0.2) is 9.97 Å². The van der Waals surface area contributed by atoms with E-state index in [9.17, 15) is 4.79 Å². The normalized spacial score (nSPS) is 14.6. The van der Waals surface area contributed by atoms with Gasteiger partial charge in [0, 0.05) is 43.8 Å². The SMILES string of the molecule is NC(=O)c1ccnc(Nc2ccc(N3CCNCC3)cc2)n1. The summed E-state index contributed by atoms with van der Waals surface area (Å²) in [7, 11) is 0. The second-order valence-corrected chi connectivity index (χ2v) is 5.04. The number of rotatable bonds is 4. The van der Waals surface area contributed by atoms with Crippen molar-refractivity contribution in [3.8, 4) is 0 Å². The van der Waals surface area contributed by atoms with E-state index in [-0.39, 0.29) is 5.69 Å². The van der Waals surface area contributed by atoms with Crippen LogP contribution in [0.2, 0.25) is 0 Å². The molecule has 4 N–H and O–H groups in total. The Labute approximate surface area is 128 Å². The first-order chi connectivity index (χ1) is 10.7. The van der Waals surface area contributed by atoms with Gasteiger partial charge >= 0.3 is 0 Å². The smallest absolute Gasteiger partial charge is 0.267 e. The van der Waals surface area contributed by atoms with Crippen molar-refractivity contribution in [2.24, 2.45) is 5.73 Å². The minimum absolute atomic E-state index is 0.190. The van der Waals surface area contributed by atoms with Gasteiger partial charge < -0.3 is 21.3 Å². The molecule has 3 rings (SSSR count). The molecule has 1 aliphatic rings. The Kier molecular flexibility index (Phi) is 4.15. The van der Waals surface area contributed by atoms with Gasteiger partial charge in [-0.05, 0) is 30.3 Å². The molecule has 22 heavy (non-hydrogen) atoms. The molecule has 1 aromatic heterocycles. The van der Waals surface area contributed by atoms with Gasteiger partial charge in [0.05, 0.1) is 0 Å². The van der Waals surface area contributed by atoms with Crippen LogP contribution in [0.5, 0.6) is 0 Å². The average molecular weight is 298 g/mol. The molecule has 7 heteroatoms. The Morgan fingerprint density at radius 1 is 1.18 bits per heavy atom. The lowest BCUT2D eigenvalue weighted by atomic mass is 10.2. The number of hydrogen-bond donors (Lipinski definition) is 3. The van der Waals surface area contributed by atoms with Gasteiger partial charge in [0.25, 0.3) is 5.91 Å². The highest BCUT2D eigenvalue weighted by atomic mass is 16.1. The highest BCUT2D eigenvalue weighted by Crippen LogP contribution is 2.20. The number of amides is 1. The Bertz CT molecular complexity index is 651. The fourth-order valence-corrected chi connectivity index (χ4v) is 2.36. The van der Waals surface area contributed by atoms with Gasteiger partial charge in [-0.15, -0.1) is 0 Å². The van der Waals surface area contributed by atoms with Crippen molar-refractivity contribution in [3.63, 3.8) is 0 Å². The summed E-state index contributed by atoms with van der Waals surface area (Å²) in [5.41, 5.74) is 7.46. The first kappa shape index (κ1) is 14.3. The van der Waals surface area contributed by atoms with Crippen LogP contribution in [0, 0.1) is 0 Å². The number of nitrogens with two attached hydrogens (primary N) is 1. The van der Waals surface area contributed by atoms with Crippen LogP contribution in [0.3, 0.4) is 0 Å². The van der Waals surface area contributed by atoms with Crippen molar-refractivity contribution in [3.05, 3.63) is 42.2 Å². The van der Waals surface area contributed by atoms with Crippen LogP contribution in [-0.2, 0) is 0 Å². The second-order valence-electron chi connectivity index (χ2n) is 5.04. The maximum absolute atomic E-state index is 11.1. The minimum Gasteiger partial charge on any atom is -0.369 e. The fraction of sp³-hybridized carbons (Fsp3) is 0.267. The van der Waals surface area contributed by atoms with Gasteiger partial charge in [0.1, 0.15) is 5.69 Å². The van der Waals surface area contributed by atoms with Crippen LogP contribution in [0.25, 0.3) is 0 Å². The van der Waals surface area contributed by atoms with Crippen molar-refractivity contribution in [1.29, 1.82) is 0 Å². The van der Waals surface area contributed by atoms with E-state index in [2.05, 4.69) is 37.6 Å². The number of primary amides is 1. The zero-order valence-corrected chi connectivity index (χ0v) is 12.1. The molecule has 1 fully saturated rings. The zero-order valence-electron chi connectivity index (χ0n) is 12.1. The molecule has 114 valence electrons. The molecule has 0 spiro atoms. The Morgan fingerprint density at radius 3 is 2.59 bits per heavy atom. The summed E-state index contributed by atoms with van der Waals surface area (Å²) in [6.07, 6.45) is 1.50. The maximum atomic E-state index is 11.1. The summed E-state index contributed by atoms with van der Waals surface area (Å²) in [5.74, 6) is -0.217. The van der Waals surface area contributed by atoms with Gasteiger partial charge in [-0.2, -0.15) is 0 Å². The van der Waals surface area contributed by atoms with Gasteiger partial charge in [-0.1, -0.05) is 0 Å². The van der Waals surface area contributed by atoms with Crippen molar-refractivity contribution in [2.75, 3.05) is 36.4 Å². The molecule has 7 nitrogen and oxygen atoms in total. The number of hydrogen-bond acceptors (Lipinski definition) is 6. The predicted molar refractivity (Wildman–Crippen MR) is 85.4 cm³/mol. The Balaban J connectivity index is 1.70. The number of aromatic nitrogens is 2. The van der Waals surface area contributed by atoms with Crippen molar-refractivity contribution in [1.82, 2.24) is 15.3 Å². The molecule has 0 atom stereocenters. The van der Waals surface area contributed by atoms with Crippen LogP contribution in [0.1, 0.15) is 10.5 Å². The number of piperazine rings is 1. The molecule has 1 amide bonds. The third-order valence-corrected chi connectivity index (χ3v) is 3.51. The third-order valence-electron chi connectivity index (χ3n) is 3.51. The van der Waals surface area contributed by atoms with Gasteiger partial charge in [-0.3, -0.25) is 4.79 Å². The minimum atomic E-state index is -0.570. The standard InChI is InChI=1S/C15H18N6O/c16-14(22)13-5-6-18-15(20-13)19-11-1-3-12(4-2-11)21-9-7-17-8-10-21/h1-6,17H,7-10H2,(H2,16,22)(H,18,19,20). The maximum Gasteiger partial charge on any atom is 0.267 e. The van der Waals surface area contributed by atoms with E-state index in [0.29, 0.717) is 5.95 Å².